The van der Waals surface area contributed by atoms with Crippen LogP contribution in [0.1, 0.15) is 51.5 Å². The molecule has 1 heterocycles. The van der Waals surface area contributed by atoms with Crippen molar-refractivity contribution >= 4 is 27.7 Å². The zero-order chi connectivity index (χ0) is 18.1. The van der Waals surface area contributed by atoms with Crippen LogP contribution in [0.4, 0.5) is 0 Å². The summed E-state index contributed by atoms with van der Waals surface area (Å²) < 4.78 is 6.43. The molecular weight excluding hydrogens is 382 g/mol. The van der Waals surface area contributed by atoms with E-state index in [-0.39, 0.29) is 23.8 Å². The molecule has 2 aliphatic rings. The van der Waals surface area contributed by atoms with Gasteiger partial charge < -0.3 is 10.1 Å². The van der Waals surface area contributed by atoms with Gasteiger partial charge in [-0.2, -0.15) is 0 Å². The van der Waals surface area contributed by atoms with E-state index < -0.39 is 0 Å². The Balaban J connectivity index is 2.13. The Morgan fingerprint density at radius 1 is 1.24 bits per heavy atom. The van der Waals surface area contributed by atoms with Gasteiger partial charge in [-0.05, 0) is 51.3 Å². The molecule has 4 nitrogen and oxygen atoms in total. The lowest BCUT2D eigenvalue weighted by atomic mass is 9.75. The lowest BCUT2D eigenvalue weighted by molar-refractivity contribution is -0.143. The first kappa shape index (κ1) is 17.9. The molecule has 0 saturated carbocycles. The van der Waals surface area contributed by atoms with Crippen LogP contribution in [-0.4, -0.2) is 17.9 Å². The van der Waals surface area contributed by atoms with Crippen LogP contribution in [0, 0.1) is 0 Å². The van der Waals surface area contributed by atoms with Crippen molar-refractivity contribution in [1.29, 1.82) is 0 Å². The number of allylic oxidation sites excluding steroid dienone is 3. The highest BCUT2D eigenvalue weighted by molar-refractivity contribution is 9.10. The van der Waals surface area contributed by atoms with Crippen LogP contribution < -0.4 is 5.32 Å². The molecule has 1 aliphatic heterocycles. The van der Waals surface area contributed by atoms with E-state index >= 15 is 0 Å². The van der Waals surface area contributed by atoms with Crippen molar-refractivity contribution in [1.82, 2.24) is 5.32 Å². The molecule has 132 valence electrons. The number of Topliss-reactive ketones (excluding diaryl/α,β-unsaturated/α-hetero) is 1. The molecule has 1 aromatic rings. The molecule has 0 fully saturated rings. The van der Waals surface area contributed by atoms with Crippen LogP contribution in [0.3, 0.4) is 0 Å². The van der Waals surface area contributed by atoms with Crippen molar-refractivity contribution in [3.8, 4) is 0 Å². The van der Waals surface area contributed by atoms with Crippen LogP contribution in [0.15, 0.2) is 51.3 Å². The molecule has 25 heavy (non-hydrogen) atoms. The first-order valence-electron chi connectivity index (χ1n) is 8.59. The van der Waals surface area contributed by atoms with Crippen molar-refractivity contribution in [2.24, 2.45) is 0 Å². The fourth-order valence-electron chi connectivity index (χ4n) is 3.52. The molecule has 0 saturated heterocycles. The molecule has 0 unspecified atom stereocenters. The van der Waals surface area contributed by atoms with E-state index in [0.29, 0.717) is 12.0 Å². The monoisotopic (exact) mass is 403 g/mol. The Hall–Kier alpha value is -1.88. The SMILES string of the molecule is CC1=C(C(=O)OC(C)C)[C@H](c2ccc(Br)cc2)C2=C(CCCC2=O)N1. The maximum atomic E-state index is 12.8. The maximum absolute atomic E-state index is 12.8. The summed E-state index contributed by atoms with van der Waals surface area (Å²) >= 11 is 3.44. The minimum Gasteiger partial charge on any atom is -0.460 e. The standard InChI is InChI=1S/C20H22BrNO3/c1-11(2)25-20(24)17-12(3)22-15-5-4-6-16(23)19(15)18(17)13-7-9-14(21)10-8-13/h7-11,18,22H,4-6H2,1-3H3/t18-/m0/s1. The Kier molecular flexibility index (Phi) is 5.13. The minimum atomic E-state index is -0.372. The number of rotatable bonds is 3. The Labute approximate surface area is 156 Å². The summed E-state index contributed by atoms with van der Waals surface area (Å²) in [6.07, 6.45) is 1.99. The number of halogens is 1. The van der Waals surface area contributed by atoms with E-state index in [0.717, 1.165) is 39.8 Å². The fraction of sp³-hybridized carbons (Fsp3) is 0.400. The summed E-state index contributed by atoms with van der Waals surface area (Å²) in [7, 11) is 0. The van der Waals surface area contributed by atoms with Crippen molar-refractivity contribution < 1.29 is 14.3 Å². The van der Waals surface area contributed by atoms with Gasteiger partial charge in [0.15, 0.2) is 5.78 Å². The quantitative estimate of drug-likeness (QED) is 0.761. The van der Waals surface area contributed by atoms with Gasteiger partial charge in [0.05, 0.1) is 11.7 Å². The van der Waals surface area contributed by atoms with E-state index in [1.54, 1.807) is 0 Å². The number of dihydropyridines is 1. The third-order valence-electron chi connectivity index (χ3n) is 4.54. The molecule has 0 amide bonds. The second-order valence-electron chi connectivity index (χ2n) is 6.77. The molecule has 1 aromatic carbocycles. The number of ether oxygens (including phenoxy) is 1. The van der Waals surface area contributed by atoms with Gasteiger partial charge >= 0.3 is 5.97 Å². The van der Waals surface area contributed by atoms with Gasteiger partial charge in [-0.25, -0.2) is 4.79 Å². The van der Waals surface area contributed by atoms with Gasteiger partial charge in [0, 0.05) is 33.8 Å². The summed E-state index contributed by atoms with van der Waals surface area (Å²) in [5.74, 6) is -0.620. The first-order chi connectivity index (χ1) is 11.9. The van der Waals surface area contributed by atoms with Crippen molar-refractivity contribution in [2.75, 3.05) is 0 Å². The van der Waals surface area contributed by atoms with Crippen molar-refractivity contribution in [2.45, 2.75) is 52.1 Å². The largest absolute Gasteiger partial charge is 0.460 e. The van der Waals surface area contributed by atoms with E-state index in [2.05, 4.69) is 21.2 Å². The lowest BCUT2D eigenvalue weighted by Gasteiger charge is -2.34. The number of nitrogens with one attached hydrogen (secondary N) is 1. The van der Waals surface area contributed by atoms with Gasteiger partial charge in [-0.1, -0.05) is 28.1 Å². The average molecular weight is 404 g/mol. The Bertz CT molecular complexity index is 775. The summed E-state index contributed by atoms with van der Waals surface area (Å²) in [6, 6.07) is 7.79. The number of benzene rings is 1. The highest BCUT2D eigenvalue weighted by Gasteiger charge is 2.39. The molecule has 0 spiro atoms. The number of ketones is 1. The molecule has 1 aliphatic carbocycles. The van der Waals surface area contributed by atoms with E-state index in [4.69, 9.17) is 4.74 Å². The van der Waals surface area contributed by atoms with Crippen LogP contribution >= 0.6 is 15.9 Å². The topological polar surface area (TPSA) is 55.4 Å². The predicted molar refractivity (Wildman–Crippen MR) is 99.8 cm³/mol. The average Bonchev–Trinajstić information content (AvgIpc) is 2.53. The van der Waals surface area contributed by atoms with E-state index in [9.17, 15) is 9.59 Å². The predicted octanol–water partition coefficient (Wildman–Crippen LogP) is 4.37. The third-order valence-corrected chi connectivity index (χ3v) is 5.07. The highest BCUT2D eigenvalue weighted by Crippen LogP contribution is 2.42. The number of hydrogen-bond acceptors (Lipinski definition) is 4. The summed E-state index contributed by atoms with van der Waals surface area (Å²) in [5.41, 5.74) is 3.90. The molecule has 1 atom stereocenters. The van der Waals surface area contributed by atoms with Crippen molar-refractivity contribution in [3.63, 3.8) is 0 Å². The van der Waals surface area contributed by atoms with Gasteiger partial charge in [0.2, 0.25) is 0 Å². The molecule has 0 radical (unpaired) electrons. The van der Waals surface area contributed by atoms with Gasteiger partial charge in [-0.15, -0.1) is 0 Å². The van der Waals surface area contributed by atoms with E-state index in [1.807, 2.05) is 45.0 Å². The molecular formula is C20H22BrNO3. The first-order valence-corrected chi connectivity index (χ1v) is 9.38. The normalized spacial score (nSPS) is 20.5. The maximum Gasteiger partial charge on any atom is 0.337 e. The smallest absolute Gasteiger partial charge is 0.337 e. The summed E-state index contributed by atoms with van der Waals surface area (Å²) in [4.78, 5) is 25.5. The Morgan fingerprint density at radius 3 is 2.56 bits per heavy atom. The second kappa shape index (κ2) is 7.16. The molecule has 0 bridgehead atoms. The Morgan fingerprint density at radius 2 is 1.92 bits per heavy atom. The number of esters is 1. The number of carbonyl (C=O) groups is 2. The summed E-state index contributed by atoms with van der Waals surface area (Å²) in [6.45, 7) is 5.54. The molecule has 3 rings (SSSR count). The second-order valence-corrected chi connectivity index (χ2v) is 7.69. The molecule has 0 aromatic heterocycles. The van der Waals surface area contributed by atoms with Crippen LogP contribution in [0.25, 0.3) is 0 Å². The third kappa shape index (κ3) is 3.56. The zero-order valence-electron chi connectivity index (χ0n) is 14.7. The van der Waals surface area contributed by atoms with Crippen LogP contribution in [0.2, 0.25) is 0 Å². The number of carbonyl (C=O) groups excluding carboxylic acids is 2. The van der Waals surface area contributed by atoms with Crippen molar-refractivity contribution in [3.05, 3.63) is 56.8 Å². The highest BCUT2D eigenvalue weighted by atomic mass is 79.9. The number of hydrogen-bond donors (Lipinski definition) is 1. The zero-order valence-corrected chi connectivity index (χ0v) is 16.3. The van der Waals surface area contributed by atoms with E-state index in [1.165, 1.54) is 0 Å². The van der Waals surface area contributed by atoms with Gasteiger partial charge in [0.1, 0.15) is 0 Å². The van der Waals surface area contributed by atoms with Gasteiger partial charge in [-0.3, -0.25) is 4.79 Å². The van der Waals surface area contributed by atoms with Crippen LogP contribution in [0.5, 0.6) is 0 Å². The van der Waals surface area contributed by atoms with Gasteiger partial charge in [0.25, 0.3) is 0 Å². The lowest BCUT2D eigenvalue weighted by Crippen LogP contribution is -2.34. The van der Waals surface area contributed by atoms with Crippen LogP contribution in [-0.2, 0) is 14.3 Å². The summed E-state index contributed by atoms with van der Waals surface area (Å²) in [5, 5.41) is 3.29. The molecule has 5 heteroatoms. The molecule has 1 N–H and O–H groups in total. The minimum absolute atomic E-state index is 0.115. The fourth-order valence-corrected chi connectivity index (χ4v) is 3.78.